The molecule has 1 fully saturated rings. The van der Waals surface area contributed by atoms with Gasteiger partial charge >= 0.3 is 0 Å². The van der Waals surface area contributed by atoms with Crippen molar-refractivity contribution < 1.29 is 0 Å². The molecule has 0 saturated carbocycles. The van der Waals surface area contributed by atoms with Gasteiger partial charge in [0, 0.05) is 42.7 Å². The van der Waals surface area contributed by atoms with Crippen LogP contribution in [0.3, 0.4) is 0 Å². The number of hydrogen-bond acceptors (Lipinski definition) is 6. The second kappa shape index (κ2) is 11.4. The van der Waals surface area contributed by atoms with Crippen molar-refractivity contribution in [1.29, 1.82) is 5.26 Å². The van der Waals surface area contributed by atoms with E-state index in [0.717, 1.165) is 49.3 Å². The Hall–Kier alpha value is -4.44. The monoisotopic (exact) mass is 531 g/mol. The van der Waals surface area contributed by atoms with Gasteiger partial charge < -0.3 is 10.2 Å². The summed E-state index contributed by atoms with van der Waals surface area (Å²) in [6.45, 7) is 14.5. The zero-order valence-corrected chi connectivity index (χ0v) is 23.9. The van der Waals surface area contributed by atoms with E-state index in [4.69, 9.17) is 9.97 Å². The fraction of sp³-hybridized carbons (Fsp3) is 0.333. The van der Waals surface area contributed by atoms with Crippen molar-refractivity contribution >= 4 is 16.9 Å². The lowest BCUT2D eigenvalue weighted by molar-refractivity contribution is 0.319. The minimum atomic E-state index is 0.219. The van der Waals surface area contributed by atoms with E-state index in [1.54, 1.807) is 16.8 Å². The maximum Gasteiger partial charge on any atom is 0.128 e. The molecule has 0 unspecified atom stereocenters. The molecule has 0 radical (unpaired) electrons. The van der Waals surface area contributed by atoms with E-state index in [1.807, 2.05) is 24.7 Å². The van der Waals surface area contributed by atoms with Crippen LogP contribution in [-0.2, 0) is 5.41 Å². The highest BCUT2D eigenvalue weighted by atomic mass is 15.2. The standard InChI is InChI=1S/C33H37N7/c1-6-25(19-35-23(3)4)29-22-40-32(27(18-34)21-37-40)31(38-29)26-10-13-30(36-20-26)39-16-14-33(7-2,15-17-39)28-11-8-24(5)9-12-28/h6,8-13,19-23,35H,1,7,14-17H2,2-5H3/b25-19+. The fourth-order valence-corrected chi connectivity index (χ4v) is 5.56. The van der Waals surface area contributed by atoms with Gasteiger partial charge in [-0.25, -0.2) is 14.5 Å². The number of hydrogen-bond donors (Lipinski definition) is 1. The van der Waals surface area contributed by atoms with Gasteiger partial charge in [-0.1, -0.05) is 49.4 Å². The summed E-state index contributed by atoms with van der Waals surface area (Å²) in [7, 11) is 0. The molecule has 4 aromatic rings. The Kier molecular flexibility index (Phi) is 7.70. The molecule has 0 aliphatic carbocycles. The summed E-state index contributed by atoms with van der Waals surface area (Å²) < 4.78 is 1.72. The fourth-order valence-electron chi connectivity index (χ4n) is 5.56. The molecule has 0 spiro atoms. The van der Waals surface area contributed by atoms with Crippen LogP contribution in [0.2, 0.25) is 0 Å². The van der Waals surface area contributed by atoms with Crippen LogP contribution in [-0.4, -0.2) is 38.7 Å². The number of nitrogens with zero attached hydrogens (tertiary/aromatic N) is 6. The first-order valence-corrected chi connectivity index (χ1v) is 14.0. The molecule has 0 atom stereocenters. The molecule has 4 heterocycles. The number of nitrogens with one attached hydrogen (secondary N) is 1. The molecular weight excluding hydrogens is 494 g/mol. The highest BCUT2D eigenvalue weighted by Crippen LogP contribution is 2.39. The number of fused-ring (bicyclic) bond motifs is 1. The maximum atomic E-state index is 9.75. The average Bonchev–Trinajstić information content (AvgIpc) is 3.41. The number of pyridine rings is 1. The Labute approximate surface area is 236 Å². The topological polar surface area (TPSA) is 82.1 Å². The summed E-state index contributed by atoms with van der Waals surface area (Å²) in [5.41, 5.74) is 7.19. The van der Waals surface area contributed by atoms with Crippen LogP contribution >= 0.6 is 0 Å². The summed E-state index contributed by atoms with van der Waals surface area (Å²) in [6, 6.07) is 15.7. The van der Waals surface area contributed by atoms with Gasteiger partial charge in [0.05, 0.1) is 23.8 Å². The summed E-state index contributed by atoms with van der Waals surface area (Å²) in [4.78, 5) is 12.2. The molecule has 1 aliphatic rings. The molecule has 204 valence electrons. The highest BCUT2D eigenvalue weighted by Gasteiger charge is 2.35. The van der Waals surface area contributed by atoms with Crippen LogP contribution in [0.25, 0.3) is 22.3 Å². The third-order valence-corrected chi connectivity index (χ3v) is 8.11. The molecular formula is C33H37N7. The summed E-state index contributed by atoms with van der Waals surface area (Å²) in [6.07, 6.45) is 12.3. The van der Waals surface area contributed by atoms with E-state index in [1.165, 1.54) is 11.1 Å². The third-order valence-electron chi connectivity index (χ3n) is 8.11. The minimum Gasteiger partial charge on any atom is -0.388 e. The molecule has 1 saturated heterocycles. The minimum absolute atomic E-state index is 0.219. The number of anilines is 1. The predicted octanol–water partition coefficient (Wildman–Crippen LogP) is 6.44. The number of rotatable bonds is 8. The largest absolute Gasteiger partial charge is 0.388 e. The SMILES string of the molecule is C=C/C(=C\NC(C)C)c1cn2ncc(C#N)c2c(-c2ccc(N3CCC(CC)(c4ccc(C)cc4)CC3)nc2)n1. The Morgan fingerprint density at radius 1 is 1.15 bits per heavy atom. The Balaban J connectivity index is 1.43. The summed E-state index contributed by atoms with van der Waals surface area (Å²) in [5, 5.41) is 17.5. The van der Waals surface area contributed by atoms with E-state index in [-0.39, 0.29) is 11.5 Å². The molecule has 5 rings (SSSR count). The van der Waals surface area contributed by atoms with Gasteiger partial charge in [-0.05, 0) is 63.1 Å². The van der Waals surface area contributed by atoms with Gasteiger partial charge in [0.2, 0.25) is 0 Å². The van der Waals surface area contributed by atoms with Crippen molar-refractivity contribution in [3.63, 3.8) is 0 Å². The molecule has 0 amide bonds. The molecule has 3 aromatic heterocycles. The zero-order chi connectivity index (χ0) is 28.3. The van der Waals surface area contributed by atoms with Crippen molar-refractivity contribution in [2.45, 2.75) is 58.4 Å². The Morgan fingerprint density at radius 3 is 2.50 bits per heavy atom. The van der Waals surface area contributed by atoms with Crippen LogP contribution in [0.15, 0.2) is 73.8 Å². The van der Waals surface area contributed by atoms with Crippen LogP contribution in [0.5, 0.6) is 0 Å². The third kappa shape index (κ3) is 5.22. The highest BCUT2D eigenvalue weighted by molar-refractivity contribution is 5.83. The van der Waals surface area contributed by atoms with Crippen molar-refractivity contribution in [2.75, 3.05) is 18.0 Å². The van der Waals surface area contributed by atoms with E-state index in [9.17, 15) is 5.26 Å². The van der Waals surface area contributed by atoms with Crippen molar-refractivity contribution in [3.8, 4) is 17.3 Å². The Morgan fingerprint density at radius 2 is 1.90 bits per heavy atom. The van der Waals surface area contributed by atoms with Crippen molar-refractivity contribution in [3.05, 3.63) is 96.2 Å². The average molecular weight is 532 g/mol. The Bertz CT molecular complexity index is 1560. The molecule has 7 nitrogen and oxygen atoms in total. The van der Waals surface area contributed by atoms with Crippen LogP contribution < -0.4 is 10.2 Å². The normalized spacial score (nSPS) is 15.3. The van der Waals surface area contributed by atoms with Crippen molar-refractivity contribution in [1.82, 2.24) is 24.9 Å². The number of aromatic nitrogens is 4. The van der Waals surface area contributed by atoms with Gasteiger partial charge in [-0.15, -0.1) is 0 Å². The first kappa shape index (κ1) is 27.1. The van der Waals surface area contributed by atoms with Crippen LogP contribution in [0.1, 0.15) is 62.4 Å². The quantitative estimate of drug-likeness (QED) is 0.263. The first-order chi connectivity index (χ1) is 19.4. The van der Waals surface area contributed by atoms with E-state index in [2.05, 4.69) is 86.0 Å². The van der Waals surface area contributed by atoms with Gasteiger partial charge in [-0.2, -0.15) is 10.4 Å². The second-order valence-electron chi connectivity index (χ2n) is 11.0. The summed E-state index contributed by atoms with van der Waals surface area (Å²) >= 11 is 0. The molecule has 1 N–H and O–H groups in total. The number of benzene rings is 1. The van der Waals surface area contributed by atoms with Crippen LogP contribution in [0.4, 0.5) is 5.82 Å². The zero-order valence-electron chi connectivity index (χ0n) is 23.9. The molecule has 0 bridgehead atoms. The lowest BCUT2D eigenvalue weighted by atomic mass is 9.71. The number of allylic oxidation sites excluding steroid dienone is 2. The predicted molar refractivity (Wildman–Crippen MR) is 162 cm³/mol. The molecule has 7 heteroatoms. The molecule has 1 aliphatic heterocycles. The van der Waals surface area contributed by atoms with Gasteiger partial charge in [-0.3, -0.25) is 0 Å². The maximum absolute atomic E-state index is 9.75. The van der Waals surface area contributed by atoms with Gasteiger partial charge in [0.1, 0.15) is 23.0 Å². The second-order valence-corrected chi connectivity index (χ2v) is 11.0. The molecule has 40 heavy (non-hydrogen) atoms. The van der Waals surface area contributed by atoms with E-state index >= 15 is 0 Å². The lowest BCUT2D eigenvalue weighted by Crippen LogP contribution is -2.42. The smallest absolute Gasteiger partial charge is 0.128 e. The number of nitriles is 1. The van der Waals surface area contributed by atoms with E-state index < -0.39 is 0 Å². The number of aryl methyl sites for hydroxylation is 1. The summed E-state index contributed by atoms with van der Waals surface area (Å²) in [5.74, 6) is 0.964. The van der Waals surface area contributed by atoms with E-state index in [0.29, 0.717) is 22.5 Å². The van der Waals surface area contributed by atoms with Gasteiger partial charge in [0.25, 0.3) is 0 Å². The first-order valence-electron chi connectivity index (χ1n) is 14.0. The van der Waals surface area contributed by atoms with Gasteiger partial charge in [0.15, 0.2) is 0 Å². The lowest BCUT2D eigenvalue weighted by Gasteiger charge is -2.42. The van der Waals surface area contributed by atoms with Crippen LogP contribution in [0, 0.1) is 18.3 Å². The molecule has 1 aromatic carbocycles. The number of piperidine rings is 1. The van der Waals surface area contributed by atoms with Crippen molar-refractivity contribution in [2.24, 2.45) is 0 Å².